The van der Waals surface area contributed by atoms with Gasteiger partial charge in [0.2, 0.25) is 0 Å². The van der Waals surface area contributed by atoms with E-state index < -0.39 is 4.92 Å². The quantitative estimate of drug-likeness (QED) is 0.323. The number of hydrogen-bond acceptors (Lipinski definition) is 3. The van der Waals surface area contributed by atoms with Gasteiger partial charge < -0.3 is 4.90 Å². The molecule has 0 heterocycles. The van der Waals surface area contributed by atoms with Gasteiger partial charge in [0, 0.05) is 31.9 Å². The van der Waals surface area contributed by atoms with E-state index in [9.17, 15) is 10.1 Å². The van der Waals surface area contributed by atoms with E-state index in [0.29, 0.717) is 0 Å². The van der Waals surface area contributed by atoms with Gasteiger partial charge >= 0.3 is 0 Å². The smallest absolute Gasteiger partial charge is 0.269 e. The van der Waals surface area contributed by atoms with Crippen LogP contribution in [0, 0.1) is 10.1 Å². The van der Waals surface area contributed by atoms with Gasteiger partial charge in [-0.05, 0) is 19.1 Å². The number of anilines is 1. The molecular formula is C10H13N3O2. The average molecular weight is 207 g/mol. The number of rotatable bonds is 2. The highest BCUT2D eigenvalue weighted by molar-refractivity contribution is 5.95. The third-order valence-corrected chi connectivity index (χ3v) is 2.26. The maximum absolute atomic E-state index is 10.4. The van der Waals surface area contributed by atoms with Crippen LogP contribution in [-0.2, 0) is 0 Å². The molecule has 15 heavy (non-hydrogen) atoms. The molecule has 0 aliphatic carbocycles. The first-order valence-corrected chi connectivity index (χ1v) is 4.48. The van der Waals surface area contributed by atoms with Crippen LogP contribution in [0.1, 0.15) is 6.92 Å². The van der Waals surface area contributed by atoms with Gasteiger partial charge in [-0.3, -0.25) is 15.1 Å². The summed E-state index contributed by atoms with van der Waals surface area (Å²) in [6, 6.07) is 6.36. The van der Waals surface area contributed by atoms with E-state index in [2.05, 4.69) is 4.99 Å². The highest BCUT2D eigenvalue weighted by Crippen LogP contribution is 2.18. The predicted octanol–water partition coefficient (Wildman–Crippen LogP) is 2.08. The van der Waals surface area contributed by atoms with Gasteiger partial charge in [0.25, 0.3) is 5.69 Å². The number of non-ortho nitro benzene ring substituents is 1. The van der Waals surface area contributed by atoms with Crippen LogP contribution in [0.15, 0.2) is 29.3 Å². The molecule has 0 spiro atoms. The number of nitro groups is 1. The summed E-state index contributed by atoms with van der Waals surface area (Å²) in [7, 11) is 3.57. The molecule has 0 aliphatic rings. The van der Waals surface area contributed by atoms with E-state index in [0.717, 1.165) is 11.5 Å². The van der Waals surface area contributed by atoms with Gasteiger partial charge in [-0.25, -0.2) is 0 Å². The summed E-state index contributed by atoms with van der Waals surface area (Å²) in [5.74, 6) is 0.851. The van der Waals surface area contributed by atoms with E-state index in [1.807, 2.05) is 18.9 Å². The number of aliphatic imine (C=N–C) groups is 1. The van der Waals surface area contributed by atoms with Gasteiger partial charge in [0.05, 0.1) is 10.8 Å². The predicted molar refractivity (Wildman–Crippen MR) is 60.5 cm³/mol. The number of nitro benzene ring substituents is 1. The minimum absolute atomic E-state index is 0.0956. The minimum Gasteiger partial charge on any atom is -0.334 e. The molecule has 0 fully saturated rings. The molecular weight excluding hydrogens is 194 g/mol. The van der Waals surface area contributed by atoms with Crippen molar-refractivity contribution in [1.29, 1.82) is 0 Å². The van der Waals surface area contributed by atoms with Gasteiger partial charge in [-0.2, -0.15) is 0 Å². The maximum Gasteiger partial charge on any atom is 0.269 e. The zero-order chi connectivity index (χ0) is 11.4. The van der Waals surface area contributed by atoms with Crippen LogP contribution in [0.25, 0.3) is 0 Å². The van der Waals surface area contributed by atoms with E-state index in [-0.39, 0.29) is 5.69 Å². The second-order valence-electron chi connectivity index (χ2n) is 3.10. The Hall–Kier alpha value is -1.91. The van der Waals surface area contributed by atoms with Crippen LogP contribution in [0.2, 0.25) is 0 Å². The number of benzene rings is 1. The zero-order valence-corrected chi connectivity index (χ0v) is 8.97. The first kappa shape index (κ1) is 11.2. The van der Waals surface area contributed by atoms with Crippen molar-refractivity contribution >= 4 is 17.2 Å². The number of nitrogens with zero attached hydrogens (tertiary/aromatic N) is 3. The number of amidine groups is 1. The van der Waals surface area contributed by atoms with Crippen molar-refractivity contribution in [3.8, 4) is 0 Å². The molecule has 0 aromatic heterocycles. The summed E-state index contributed by atoms with van der Waals surface area (Å²) in [5.41, 5.74) is 0.974. The molecule has 80 valence electrons. The molecule has 1 aromatic carbocycles. The van der Waals surface area contributed by atoms with Crippen molar-refractivity contribution in [2.75, 3.05) is 19.0 Å². The van der Waals surface area contributed by atoms with Crippen molar-refractivity contribution in [3.05, 3.63) is 34.4 Å². The van der Waals surface area contributed by atoms with E-state index in [1.54, 1.807) is 19.2 Å². The van der Waals surface area contributed by atoms with E-state index in [1.165, 1.54) is 12.1 Å². The number of hydrogen-bond donors (Lipinski definition) is 0. The lowest BCUT2D eigenvalue weighted by molar-refractivity contribution is -0.384. The third kappa shape index (κ3) is 2.52. The molecule has 5 heteroatoms. The van der Waals surface area contributed by atoms with Gasteiger partial charge in [0.1, 0.15) is 0 Å². The minimum atomic E-state index is -0.412. The monoisotopic (exact) mass is 207 g/mol. The van der Waals surface area contributed by atoms with Crippen LogP contribution < -0.4 is 4.90 Å². The highest BCUT2D eigenvalue weighted by atomic mass is 16.6. The Morgan fingerprint density at radius 2 is 1.93 bits per heavy atom. The first-order chi connectivity index (χ1) is 7.06. The fraction of sp³-hybridized carbons (Fsp3) is 0.300. The lowest BCUT2D eigenvalue weighted by atomic mass is 10.2. The Morgan fingerprint density at radius 1 is 1.40 bits per heavy atom. The summed E-state index contributed by atoms with van der Waals surface area (Å²) < 4.78 is 0. The Morgan fingerprint density at radius 3 is 2.33 bits per heavy atom. The topological polar surface area (TPSA) is 58.7 Å². The molecule has 0 aliphatic heterocycles. The van der Waals surface area contributed by atoms with E-state index >= 15 is 0 Å². The summed E-state index contributed by atoms with van der Waals surface area (Å²) >= 11 is 0. The molecule has 0 unspecified atom stereocenters. The van der Waals surface area contributed by atoms with Crippen molar-refractivity contribution in [3.63, 3.8) is 0 Å². The van der Waals surface area contributed by atoms with Gasteiger partial charge in [-0.1, -0.05) is 0 Å². The SMILES string of the molecule is CN=C(C)N(C)c1ccc([N+](=O)[O-])cc1. The van der Waals surface area contributed by atoms with Crippen LogP contribution in [-0.4, -0.2) is 24.9 Å². The zero-order valence-electron chi connectivity index (χ0n) is 8.97. The van der Waals surface area contributed by atoms with Crippen molar-refractivity contribution < 1.29 is 4.92 Å². The standard InChI is InChI=1S/C10H13N3O2/c1-8(11-2)12(3)9-4-6-10(7-5-9)13(14)15/h4-7H,1-3H3. The summed E-state index contributed by atoms with van der Waals surface area (Å²) in [4.78, 5) is 15.9. The lowest BCUT2D eigenvalue weighted by Crippen LogP contribution is -2.23. The van der Waals surface area contributed by atoms with Crippen LogP contribution in [0.3, 0.4) is 0 Å². The first-order valence-electron chi connectivity index (χ1n) is 4.48. The molecule has 0 amide bonds. The summed E-state index contributed by atoms with van der Waals surface area (Å²) in [5, 5.41) is 10.4. The Labute approximate surface area is 88.2 Å². The van der Waals surface area contributed by atoms with Crippen molar-refractivity contribution in [2.24, 2.45) is 4.99 Å². The second kappa shape index (κ2) is 4.54. The molecule has 0 bridgehead atoms. The van der Waals surface area contributed by atoms with Gasteiger partial charge in [-0.15, -0.1) is 0 Å². The lowest BCUT2D eigenvalue weighted by Gasteiger charge is -2.17. The molecule has 0 atom stereocenters. The normalized spacial score (nSPS) is 11.3. The van der Waals surface area contributed by atoms with Gasteiger partial charge in [0.15, 0.2) is 0 Å². The van der Waals surface area contributed by atoms with Crippen LogP contribution in [0.4, 0.5) is 11.4 Å². The largest absolute Gasteiger partial charge is 0.334 e. The Bertz CT molecular complexity index is 384. The maximum atomic E-state index is 10.4. The van der Waals surface area contributed by atoms with Crippen molar-refractivity contribution in [1.82, 2.24) is 0 Å². The molecule has 1 rings (SSSR count). The molecule has 0 saturated heterocycles. The molecule has 0 saturated carbocycles. The van der Waals surface area contributed by atoms with Crippen molar-refractivity contribution in [2.45, 2.75) is 6.92 Å². The van der Waals surface area contributed by atoms with E-state index in [4.69, 9.17) is 0 Å². The third-order valence-electron chi connectivity index (χ3n) is 2.26. The second-order valence-corrected chi connectivity index (χ2v) is 3.10. The average Bonchev–Trinajstić information content (AvgIpc) is 2.27. The fourth-order valence-corrected chi connectivity index (χ4v) is 1.13. The Balaban J connectivity index is 2.94. The molecule has 0 radical (unpaired) electrons. The molecule has 5 nitrogen and oxygen atoms in total. The van der Waals surface area contributed by atoms with Crippen LogP contribution >= 0.6 is 0 Å². The molecule has 0 N–H and O–H groups in total. The summed E-state index contributed by atoms with van der Waals surface area (Å²) in [6.45, 7) is 1.88. The summed E-state index contributed by atoms with van der Waals surface area (Å²) in [6.07, 6.45) is 0. The van der Waals surface area contributed by atoms with Crippen LogP contribution in [0.5, 0.6) is 0 Å². The highest BCUT2D eigenvalue weighted by Gasteiger charge is 2.07. The Kier molecular flexibility index (Phi) is 3.38. The fourth-order valence-electron chi connectivity index (χ4n) is 1.13. The molecule has 1 aromatic rings.